The number of para-hydroxylation sites is 1. The first-order valence-corrected chi connectivity index (χ1v) is 9.38. The largest absolute Gasteiger partial charge is 0.324 e. The van der Waals surface area contributed by atoms with Gasteiger partial charge >= 0.3 is 0 Å². The number of fused-ring (bicyclic) bond motifs is 3. The van der Waals surface area contributed by atoms with Gasteiger partial charge in [0.25, 0.3) is 5.95 Å². The summed E-state index contributed by atoms with van der Waals surface area (Å²) in [5.74, 6) is 0.358. The van der Waals surface area contributed by atoms with E-state index in [-0.39, 0.29) is 0 Å². The van der Waals surface area contributed by atoms with Gasteiger partial charge in [-0.2, -0.15) is 10.1 Å². The average molecular weight is 421 g/mol. The summed E-state index contributed by atoms with van der Waals surface area (Å²) in [6.07, 6.45) is 3.64. The second kappa shape index (κ2) is 7.67. The molecule has 6 nitrogen and oxygen atoms in total. The van der Waals surface area contributed by atoms with Crippen LogP contribution in [0.15, 0.2) is 64.2 Å². The van der Waals surface area contributed by atoms with Gasteiger partial charge in [-0.05, 0) is 40.6 Å². The minimum Gasteiger partial charge on any atom is -0.324 e. The van der Waals surface area contributed by atoms with Crippen LogP contribution in [-0.2, 0) is 6.54 Å². The summed E-state index contributed by atoms with van der Waals surface area (Å²) in [5.41, 5.74) is 6.63. The molecule has 0 spiro atoms. The molecule has 27 heavy (non-hydrogen) atoms. The fraction of sp³-hybridized carbons (Fsp3) is 0.100. The summed E-state index contributed by atoms with van der Waals surface area (Å²) in [6.45, 7) is 2.89. The van der Waals surface area contributed by atoms with E-state index in [1.807, 2.05) is 54.6 Å². The molecular weight excluding hydrogens is 404 g/mol. The first-order valence-electron chi connectivity index (χ1n) is 8.59. The van der Waals surface area contributed by atoms with Gasteiger partial charge in [0.1, 0.15) is 5.52 Å². The quantitative estimate of drug-likeness (QED) is 0.370. The molecule has 7 heteroatoms. The second-order valence-electron chi connectivity index (χ2n) is 5.88. The van der Waals surface area contributed by atoms with Gasteiger partial charge in [0.05, 0.1) is 11.7 Å². The third-order valence-electron chi connectivity index (χ3n) is 4.15. The maximum absolute atomic E-state index is 4.59. The zero-order chi connectivity index (χ0) is 18.6. The smallest absolute Gasteiger partial charge is 0.265 e. The topological polar surface area (TPSA) is 68.0 Å². The Balaban J connectivity index is 1.59. The van der Waals surface area contributed by atoms with Crippen LogP contribution in [0.25, 0.3) is 28.1 Å². The molecule has 4 rings (SSSR count). The predicted octanol–water partition coefficient (Wildman–Crippen LogP) is 4.83. The maximum Gasteiger partial charge on any atom is 0.265 e. The normalized spacial score (nSPS) is 12.3. The molecule has 2 heterocycles. The summed E-state index contributed by atoms with van der Waals surface area (Å²) >= 11 is 3.49. The van der Waals surface area contributed by atoms with Gasteiger partial charge in [-0.1, -0.05) is 48.5 Å². The van der Waals surface area contributed by atoms with Crippen molar-refractivity contribution in [2.24, 2.45) is 5.10 Å². The van der Waals surface area contributed by atoms with Crippen LogP contribution in [0.3, 0.4) is 0 Å². The molecular formula is C20H17BrN6. The number of aromatic nitrogens is 4. The highest BCUT2D eigenvalue weighted by Gasteiger charge is 2.13. The van der Waals surface area contributed by atoms with Crippen molar-refractivity contribution in [1.82, 2.24) is 19.7 Å². The number of nitrogens with one attached hydrogen (secondary N) is 1. The molecule has 0 aliphatic carbocycles. The van der Waals surface area contributed by atoms with Crippen LogP contribution in [0.2, 0.25) is 0 Å². The summed E-state index contributed by atoms with van der Waals surface area (Å²) in [4.78, 5) is 4.59. The maximum atomic E-state index is 4.59. The monoisotopic (exact) mass is 420 g/mol. The first-order chi connectivity index (χ1) is 13.3. The third-order valence-corrected chi connectivity index (χ3v) is 4.58. The zero-order valence-corrected chi connectivity index (χ0v) is 16.3. The Hall–Kier alpha value is -3.06. The number of aryl methyl sites for hydroxylation is 1. The van der Waals surface area contributed by atoms with Crippen molar-refractivity contribution in [3.05, 3.63) is 64.6 Å². The summed E-state index contributed by atoms with van der Waals surface area (Å²) in [5, 5.41) is 13.7. The third kappa shape index (κ3) is 3.59. The minimum absolute atomic E-state index is 0.358. The lowest BCUT2D eigenvalue weighted by molar-refractivity contribution is 0.811. The Morgan fingerprint density at radius 1 is 1.11 bits per heavy atom. The Morgan fingerprint density at radius 2 is 1.89 bits per heavy atom. The number of rotatable bonds is 5. The molecule has 134 valence electrons. The molecule has 2 aromatic heterocycles. The number of allylic oxidation sites excluding steroid dienone is 1. The molecule has 0 atom stereocenters. The van der Waals surface area contributed by atoms with Crippen molar-refractivity contribution in [2.75, 3.05) is 5.43 Å². The molecule has 0 radical (unpaired) electrons. The van der Waals surface area contributed by atoms with E-state index in [0.29, 0.717) is 5.95 Å². The number of hydrogen-bond donors (Lipinski definition) is 1. The van der Waals surface area contributed by atoms with Gasteiger partial charge in [-0.15, -0.1) is 10.2 Å². The molecule has 0 fully saturated rings. The van der Waals surface area contributed by atoms with Crippen LogP contribution in [0.5, 0.6) is 0 Å². The Morgan fingerprint density at radius 3 is 2.70 bits per heavy atom. The van der Waals surface area contributed by atoms with Gasteiger partial charge in [0, 0.05) is 16.4 Å². The molecule has 4 aromatic rings. The summed E-state index contributed by atoms with van der Waals surface area (Å²) < 4.78 is 2.96. The van der Waals surface area contributed by atoms with E-state index < -0.39 is 0 Å². The van der Waals surface area contributed by atoms with E-state index in [1.54, 1.807) is 6.21 Å². The molecule has 0 amide bonds. The molecule has 0 saturated carbocycles. The van der Waals surface area contributed by atoms with Crippen molar-refractivity contribution in [3.8, 4) is 0 Å². The molecule has 0 bridgehead atoms. The standard InChI is InChI=1S/C20H17BrN6/c1-2-27-17-11-7-6-10-16(17)18-19(27)23-20(26-24-18)25-22-13-15(21)12-14-8-4-3-5-9-14/h3-13H,2H2,1H3,(H,23,25,26)/b15-12-,22-13+. The van der Waals surface area contributed by atoms with Crippen molar-refractivity contribution < 1.29 is 0 Å². The minimum atomic E-state index is 0.358. The number of halogens is 1. The van der Waals surface area contributed by atoms with Gasteiger partial charge < -0.3 is 4.57 Å². The summed E-state index contributed by atoms with van der Waals surface area (Å²) in [6, 6.07) is 18.1. The van der Waals surface area contributed by atoms with Crippen LogP contribution in [0, 0.1) is 0 Å². The van der Waals surface area contributed by atoms with Gasteiger partial charge in [-0.3, -0.25) is 0 Å². The number of hydrogen-bond acceptors (Lipinski definition) is 5. The van der Waals surface area contributed by atoms with E-state index in [2.05, 4.69) is 59.2 Å². The van der Waals surface area contributed by atoms with E-state index in [4.69, 9.17) is 0 Å². The Bertz CT molecular complexity index is 1150. The average Bonchev–Trinajstić information content (AvgIpc) is 3.01. The first kappa shape index (κ1) is 17.4. The van der Waals surface area contributed by atoms with Gasteiger partial charge in [-0.25, -0.2) is 5.43 Å². The van der Waals surface area contributed by atoms with Gasteiger partial charge in [0.2, 0.25) is 0 Å². The lowest BCUT2D eigenvalue weighted by Crippen LogP contribution is -2.02. The van der Waals surface area contributed by atoms with Crippen LogP contribution in [-0.4, -0.2) is 26.0 Å². The van der Waals surface area contributed by atoms with Crippen molar-refractivity contribution >= 4 is 56.2 Å². The van der Waals surface area contributed by atoms with E-state index in [9.17, 15) is 0 Å². The molecule has 0 unspecified atom stereocenters. The number of hydrazone groups is 1. The molecule has 0 aliphatic rings. The fourth-order valence-corrected chi connectivity index (χ4v) is 3.34. The van der Waals surface area contributed by atoms with Crippen molar-refractivity contribution in [2.45, 2.75) is 13.5 Å². The second-order valence-corrected chi connectivity index (χ2v) is 6.79. The summed E-state index contributed by atoms with van der Waals surface area (Å²) in [7, 11) is 0. The Labute approximate surface area is 164 Å². The lowest BCUT2D eigenvalue weighted by atomic mass is 10.2. The highest BCUT2D eigenvalue weighted by molar-refractivity contribution is 9.12. The SMILES string of the molecule is CCn1c2ccccc2c2nnc(N/N=C/C(Br)=C/c3ccccc3)nc21. The lowest BCUT2D eigenvalue weighted by Gasteiger charge is -2.02. The van der Waals surface area contributed by atoms with Crippen LogP contribution < -0.4 is 5.43 Å². The number of nitrogens with zero attached hydrogens (tertiary/aromatic N) is 5. The zero-order valence-electron chi connectivity index (χ0n) is 14.7. The molecule has 2 aromatic carbocycles. The van der Waals surface area contributed by atoms with E-state index in [1.165, 1.54) is 0 Å². The van der Waals surface area contributed by atoms with E-state index >= 15 is 0 Å². The van der Waals surface area contributed by atoms with Gasteiger partial charge in [0.15, 0.2) is 5.65 Å². The van der Waals surface area contributed by atoms with Crippen LogP contribution >= 0.6 is 15.9 Å². The van der Waals surface area contributed by atoms with Crippen LogP contribution in [0.4, 0.5) is 5.95 Å². The molecule has 0 aliphatic heterocycles. The molecule has 1 N–H and O–H groups in total. The number of anilines is 1. The number of benzene rings is 2. The van der Waals surface area contributed by atoms with E-state index in [0.717, 1.165) is 38.7 Å². The van der Waals surface area contributed by atoms with Crippen molar-refractivity contribution in [3.63, 3.8) is 0 Å². The predicted molar refractivity (Wildman–Crippen MR) is 114 cm³/mol. The van der Waals surface area contributed by atoms with Crippen LogP contribution in [0.1, 0.15) is 12.5 Å². The highest BCUT2D eigenvalue weighted by atomic mass is 79.9. The fourth-order valence-electron chi connectivity index (χ4n) is 2.97. The van der Waals surface area contributed by atoms with Crippen molar-refractivity contribution in [1.29, 1.82) is 0 Å². The Kier molecular flexibility index (Phi) is 4.93. The molecule has 0 saturated heterocycles. The highest BCUT2D eigenvalue weighted by Crippen LogP contribution is 2.26.